The van der Waals surface area contributed by atoms with Crippen LogP contribution in [0.3, 0.4) is 0 Å². The van der Waals surface area contributed by atoms with Crippen molar-refractivity contribution in [2.24, 2.45) is 0 Å². The zero-order valence-corrected chi connectivity index (χ0v) is 9.26. The standard InChI is InChI=1S/C10H9F2N3S/c1-13-10(8-5-16-15-14-8)9-6(11)3-2-4-7(9)12/h2-5,10,13H,1H3. The number of nitrogens with zero attached hydrogens (tertiary/aromatic N) is 2. The van der Waals surface area contributed by atoms with Gasteiger partial charge in [-0.2, -0.15) is 0 Å². The van der Waals surface area contributed by atoms with Gasteiger partial charge in [0, 0.05) is 10.9 Å². The second-order valence-electron chi connectivity index (χ2n) is 3.19. The molecule has 0 saturated carbocycles. The summed E-state index contributed by atoms with van der Waals surface area (Å²) in [7, 11) is 1.62. The quantitative estimate of drug-likeness (QED) is 0.894. The number of rotatable bonds is 3. The Morgan fingerprint density at radius 1 is 1.31 bits per heavy atom. The Balaban J connectivity index is 2.49. The van der Waals surface area contributed by atoms with Gasteiger partial charge in [0.05, 0.1) is 11.7 Å². The molecule has 0 aliphatic heterocycles. The predicted molar refractivity (Wildman–Crippen MR) is 57.2 cm³/mol. The normalized spacial score (nSPS) is 12.7. The molecule has 0 amide bonds. The fourth-order valence-corrected chi connectivity index (χ4v) is 2.00. The highest BCUT2D eigenvalue weighted by molar-refractivity contribution is 7.03. The smallest absolute Gasteiger partial charge is 0.131 e. The summed E-state index contributed by atoms with van der Waals surface area (Å²) in [6.07, 6.45) is 0. The van der Waals surface area contributed by atoms with Crippen LogP contribution in [0, 0.1) is 11.6 Å². The van der Waals surface area contributed by atoms with Gasteiger partial charge in [0.25, 0.3) is 0 Å². The number of hydrogen-bond acceptors (Lipinski definition) is 4. The third-order valence-corrected chi connectivity index (χ3v) is 2.77. The Hall–Kier alpha value is -1.40. The van der Waals surface area contributed by atoms with Crippen LogP contribution in [0.1, 0.15) is 17.3 Å². The van der Waals surface area contributed by atoms with E-state index in [9.17, 15) is 8.78 Å². The van der Waals surface area contributed by atoms with Crippen molar-refractivity contribution in [3.63, 3.8) is 0 Å². The highest BCUT2D eigenvalue weighted by Gasteiger charge is 2.22. The molecule has 0 saturated heterocycles. The minimum Gasteiger partial charge on any atom is -0.308 e. The van der Waals surface area contributed by atoms with Crippen LogP contribution in [0.15, 0.2) is 23.6 Å². The maximum atomic E-state index is 13.6. The van der Waals surface area contributed by atoms with Gasteiger partial charge in [0.15, 0.2) is 0 Å². The highest BCUT2D eigenvalue weighted by atomic mass is 32.1. The zero-order valence-electron chi connectivity index (χ0n) is 8.45. The maximum Gasteiger partial charge on any atom is 0.131 e. The molecular formula is C10H9F2N3S. The SMILES string of the molecule is CNC(c1csnn1)c1c(F)cccc1F. The van der Waals surface area contributed by atoms with E-state index in [0.717, 1.165) is 11.5 Å². The summed E-state index contributed by atoms with van der Waals surface area (Å²) in [6, 6.07) is 3.17. The summed E-state index contributed by atoms with van der Waals surface area (Å²) in [4.78, 5) is 0. The van der Waals surface area contributed by atoms with Crippen LogP contribution in [0.5, 0.6) is 0 Å². The fourth-order valence-electron chi connectivity index (χ4n) is 1.52. The van der Waals surface area contributed by atoms with Crippen LogP contribution in [-0.2, 0) is 0 Å². The maximum absolute atomic E-state index is 13.6. The Labute approximate surface area is 95.3 Å². The minimum absolute atomic E-state index is 0.0299. The molecule has 0 radical (unpaired) electrons. The van der Waals surface area contributed by atoms with Crippen LogP contribution in [0.2, 0.25) is 0 Å². The van der Waals surface area contributed by atoms with E-state index in [1.54, 1.807) is 12.4 Å². The second-order valence-corrected chi connectivity index (χ2v) is 3.80. The van der Waals surface area contributed by atoms with Gasteiger partial charge in [-0.15, -0.1) is 5.10 Å². The monoisotopic (exact) mass is 241 g/mol. The van der Waals surface area contributed by atoms with Gasteiger partial charge >= 0.3 is 0 Å². The number of hydrogen-bond donors (Lipinski definition) is 1. The van der Waals surface area contributed by atoms with E-state index in [0.29, 0.717) is 5.69 Å². The van der Waals surface area contributed by atoms with Gasteiger partial charge in [-0.1, -0.05) is 10.6 Å². The zero-order chi connectivity index (χ0) is 11.5. The molecule has 1 aromatic heterocycles. The van der Waals surface area contributed by atoms with Gasteiger partial charge in [-0.25, -0.2) is 8.78 Å². The Morgan fingerprint density at radius 3 is 2.50 bits per heavy atom. The molecule has 3 nitrogen and oxygen atoms in total. The topological polar surface area (TPSA) is 37.8 Å². The predicted octanol–water partition coefficient (Wildman–Crippen LogP) is 2.13. The van der Waals surface area contributed by atoms with Crippen molar-refractivity contribution in [2.45, 2.75) is 6.04 Å². The molecule has 6 heteroatoms. The summed E-state index contributed by atoms with van der Waals surface area (Å²) >= 11 is 1.14. The van der Waals surface area contributed by atoms with Crippen molar-refractivity contribution in [3.05, 3.63) is 46.5 Å². The van der Waals surface area contributed by atoms with Gasteiger partial charge in [0.1, 0.15) is 11.6 Å². The van der Waals surface area contributed by atoms with Crippen LogP contribution in [-0.4, -0.2) is 16.6 Å². The van der Waals surface area contributed by atoms with Crippen molar-refractivity contribution < 1.29 is 8.78 Å². The largest absolute Gasteiger partial charge is 0.308 e. The van der Waals surface area contributed by atoms with Crippen molar-refractivity contribution in [3.8, 4) is 0 Å². The molecule has 16 heavy (non-hydrogen) atoms. The summed E-state index contributed by atoms with van der Waals surface area (Å²) in [5.74, 6) is -1.18. The molecule has 1 N–H and O–H groups in total. The first-order valence-corrected chi connectivity index (χ1v) is 5.46. The Kier molecular flexibility index (Phi) is 3.21. The van der Waals surface area contributed by atoms with Crippen molar-refractivity contribution in [1.82, 2.24) is 14.9 Å². The van der Waals surface area contributed by atoms with E-state index in [-0.39, 0.29) is 5.56 Å². The molecule has 1 atom stereocenters. The lowest BCUT2D eigenvalue weighted by atomic mass is 10.0. The summed E-state index contributed by atoms with van der Waals surface area (Å²) < 4.78 is 30.8. The number of nitrogens with one attached hydrogen (secondary N) is 1. The number of benzene rings is 1. The third-order valence-electron chi connectivity index (χ3n) is 2.25. The van der Waals surface area contributed by atoms with E-state index in [1.807, 2.05) is 0 Å². The van der Waals surface area contributed by atoms with Gasteiger partial charge < -0.3 is 5.32 Å². The summed E-state index contributed by atoms with van der Waals surface area (Å²) in [5.41, 5.74) is 0.481. The molecule has 2 rings (SSSR count). The van der Waals surface area contributed by atoms with Crippen molar-refractivity contribution in [1.29, 1.82) is 0 Å². The first kappa shape index (κ1) is 11.1. The molecule has 1 unspecified atom stereocenters. The highest BCUT2D eigenvalue weighted by Crippen LogP contribution is 2.25. The second kappa shape index (κ2) is 4.63. The molecule has 1 aromatic carbocycles. The van der Waals surface area contributed by atoms with Crippen LogP contribution in [0.4, 0.5) is 8.78 Å². The van der Waals surface area contributed by atoms with Crippen molar-refractivity contribution >= 4 is 11.5 Å². The van der Waals surface area contributed by atoms with Crippen LogP contribution >= 0.6 is 11.5 Å². The first-order chi connectivity index (χ1) is 7.74. The summed E-state index contributed by atoms with van der Waals surface area (Å²) in [6.45, 7) is 0. The van der Waals surface area contributed by atoms with E-state index < -0.39 is 17.7 Å². The Morgan fingerprint density at radius 2 is 2.00 bits per heavy atom. The Bertz CT molecular complexity index is 453. The third kappa shape index (κ3) is 1.94. The van der Waals surface area contributed by atoms with Gasteiger partial charge in [0.2, 0.25) is 0 Å². The molecule has 0 fully saturated rings. The number of halogens is 2. The molecule has 0 aliphatic rings. The molecule has 0 aliphatic carbocycles. The van der Waals surface area contributed by atoms with E-state index in [4.69, 9.17) is 0 Å². The molecule has 84 valence electrons. The lowest BCUT2D eigenvalue weighted by molar-refractivity contribution is 0.517. The molecule has 2 aromatic rings. The van der Waals surface area contributed by atoms with Crippen molar-refractivity contribution in [2.75, 3.05) is 7.05 Å². The number of aromatic nitrogens is 2. The molecule has 1 heterocycles. The minimum atomic E-state index is -0.611. The lowest BCUT2D eigenvalue weighted by Gasteiger charge is -2.15. The van der Waals surface area contributed by atoms with E-state index in [2.05, 4.69) is 14.9 Å². The molecule has 0 bridgehead atoms. The van der Waals surface area contributed by atoms with E-state index in [1.165, 1.54) is 18.2 Å². The first-order valence-electron chi connectivity index (χ1n) is 4.62. The van der Waals surface area contributed by atoms with Gasteiger partial charge in [-0.05, 0) is 30.7 Å². The summed E-state index contributed by atoms with van der Waals surface area (Å²) in [5, 5.41) is 8.31. The molecule has 0 spiro atoms. The average Bonchev–Trinajstić information content (AvgIpc) is 2.77. The molecular weight excluding hydrogens is 232 g/mol. The van der Waals surface area contributed by atoms with E-state index >= 15 is 0 Å². The van der Waals surface area contributed by atoms with Crippen LogP contribution < -0.4 is 5.32 Å². The van der Waals surface area contributed by atoms with Gasteiger partial charge in [-0.3, -0.25) is 0 Å². The average molecular weight is 241 g/mol. The lowest BCUT2D eigenvalue weighted by Crippen LogP contribution is -2.20. The fraction of sp³-hybridized carbons (Fsp3) is 0.200. The van der Waals surface area contributed by atoms with Crippen LogP contribution in [0.25, 0.3) is 0 Å².